The summed E-state index contributed by atoms with van der Waals surface area (Å²) in [5, 5.41) is 3.64. The SMILES string of the molecule is CCC(CC)NCCN1CCC(COC)CC1. The normalized spacial score (nSPS) is 19.1. The molecular weight excluding hydrogens is 212 g/mol. The minimum atomic E-state index is 0.709. The molecular formula is C14H30N2O. The highest BCUT2D eigenvalue weighted by Crippen LogP contribution is 2.16. The number of piperidine rings is 1. The van der Waals surface area contributed by atoms with Crippen molar-refractivity contribution in [3.8, 4) is 0 Å². The van der Waals surface area contributed by atoms with Crippen LogP contribution in [0.15, 0.2) is 0 Å². The molecule has 0 radical (unpaired) electrons. The van der Waals surface area contributed by atoms with Gasteiger partial charge in [0.1, 0.15) is 0 Å². The summed E-state index contributed by atoms with van der Waals surface area (Å²) in [6, 6.07) is 0.709. The van der Waals surface area contributed by atoms with E-state index >= 15 is 0 Å². The van der Waals surface area contributed by atoms with Crippen LogP contribution in [0.2, 0.25) is 0 Å². The molecule has 0 saturated carbocycles. The molecule has 3 heteroatoms. The second kappa shape index (κ2) is 8.90. The van der Waals surface area contributed by atoms with E-state index in [0.29, 0.717) is 6.04 Å². The Labute approximate surface area is 107 Å². The van der Waals surface area contributed by atoms with Crippen molar-refractivity contribution in [3.63, 3.8) is 0 Å². The van der Waals surface area contributed by atoms with Crippen LogP contribution in [0.25, 0.3) is 0 Å². The van der Waals surface area contributed by atoms with Crippen LogP contribution < -0.4 is 5.32 Å². The van der Waals surface area contributed by atoms with Gasteiger partial charge in [0.15, 0.2) is 0 Å². The van der Waals surface area contributed by atoms with E-state index in [1.54, 1.807) is 0 Å². The molecule has 0 amide bonds. The molecule has 0 aliphatic carbocycles. The molecule has 0 bridgehead atoms. The van der Waals surface area contributed by atoms with Gasteiger partial charge in [-0.2, -0.15) is 0 Å². The third-order valence-corrected chi connectivity index (χ3v) is 3.96. The lowest BCUT2D eigenvalue weighted by atomic mass is 9.98. The van der Waals surface area contributed by atoms with Crippen molar-refractivity contribution in [2.45, 2.75) is 45.6 Å². The zero-order valence-electron chi connectivity index (χ0n) is 11.9. The maximum atomic E-state index is 5.23. The van der Waals surface area contributed by atoms with Crippen molar-refractivity contribution in [3.05, 3.63) is 0 Å². The van der Waals surface area contributed by atoms with Gasteiger partial charge in [-0.3, -0.25) is 0 Å². The van der Waals surface area contributed by atoms with Crippen molar-refractivity contribution >= 4 is 0 Å². The van der Waals surface area contributed by atoms with Crippen molar-refractivity contribution in [1.29, 1.82) is 0 Å². The van der Waals surface area contributed by atoms with E-state index in [9.17, 15) is 0 Å². The molecule has 1 rings (SSSR count). The van der Waals surface area contributed by atoms with E-state index in [2.05, 4.69) is 24.1 Å². The molecule has 1 aliphatic heterocycles. The first-order valence-electron chi connectivity index (χ1n) is 7.24. The van der Waals surface area contributed by atoms with E-state index in [1.165, 1.54) is 45.3 Å². The summed E-state index contributed by atoms with van der Waals surface area (Å²) in [6.07, 6.45) is 5.09. The predicted molar refractivity (Wildman–Crippen MR) is 73.4 cm³/mol. The Morgan fingerprint density at radius 1 is 1.24 bits per heavy atom. The molecule has 1 aliphatic rings. The van der Waals surface area contributed by atoms with E-state index in [-0.39, 0.29) is 0 Å². The fourth-order valence-corrected chi connectivity index (χ4v) is 2.62. The summed E-state index contributed by atoms with van der Waals surface area (Å²) < 4.78 is 5.23. The van der Waals surface area contributed by atoms with Gasteiger partial charge in [-0.1, -0.05) is 13.8 Å². The number of hydrogen-bond acceptors (Lipinski definition) is 3. The maximum Gasteiger partial charge on any atom is 0.0491 e. The average Bonchev–Trinajstić information content (AvgIpc) is 2.37. The highest BCUT2D eigenvalue weighted by Gasteiger charge is 2.18. The summed E-state index contributed by atoms with van der Waals surface area (Å²) in [6.45, 7) is 10.3. The van der Waals surface area contributed by atoms with Crippen LogP contribution in [0.5, 0.6) is 0 Å². The molecule has 0 aromatic rings. The van der Waals surface area contributed by atoms with Gasteiger partial charge in [-0.25, -0.2) is 0 Å². The van der Waals surface area contributed by atoms with Crippen LogP contribution in [0.1, 0.15) is 39.5 Å². The summed E-state index contributed by atoms with van der Waals surface area (Å²) in [5.41, 5.74) is 0. The maximum absolute atomic E-state index is 5.23. The van der Waals surface area contributed by atoms with Crippen molar-refractivity contribution in [1.82, 2.24) is 10.2 Å². The monoisotopic (exact) mass is 242 g/mol. The van der Waals surface area contributed by atoms with E-state index in [0.717, 1.165) is 19.1 Å². The zero-order valence-corrected chi connectivity index (χ0v) is 11.9. The van der Waals surface area contributed by atoms with Gasteiger partial charge in [0, 0.05) is 32.8 Å². The Balaban J connectivity index is 2.06. The van der Waals surface area contributed by atoms with Gasteiger partial charge in [0.2, 0.25) is 0 Å². The molecule has 1 fully saturated rings. The molecule has 0 unspecified atom stereocenters. The summed E-state index contributed by atoms with van der Waals surface area (Å²) in [4.78, 5) is 2.58. The first-order chi connectivity index (χ1) is 8.30. The Morgan fingerprint density at radius 2 is 1.88 bits per heavy atom. The number of nitrogens with zero attached hydrogens (tertiary/aromatic N) is 1. The molecule has 1 N–H and O–H groups in total. The van der Waals surface area contributed by atoms with E-state index in [4.69, 9.17) is 4.74 Å². The van der Waals surface area contributed by atoms with Gasteiger partial charge < -0.3 is 15.0 Å². The fraction of sp³-hybridized carbons (Fsp3) is 1.00. The number of methoxy groups -OCH3 is 1. The summed E-state index contributed by atoms with van der Waals surface area (Å²) >= 11 is 0. The van der Waals surface area contributed by atoms with Gasteiger partial charge >= 0.3 is 0 Å². The number of hydrogen-bond donors (Lipinski definition) is 1. The minimum absolute atomic E-state index is 0.709. The molecule has 3 nitrogen and oxygen atoms in total. The van der Waals surface area contributed by atoms with Crippen LogP contribution in [0, 0.1) is 5.92 Å². The van der Waals surface area contributed by atoms with Crippen molar-refractivity contribution in [2.24, 2.45) is 5.92 Å². The molecule has 0 aromatic heterocycles. The van der Waals surface area contributed by atoms with E-state index < -0.39 is 0 Å². The second-order valence-electron chi connectivity index (χ2n) is 5.21. The molecule has 0 aromatic carbocycles. The third-order valence-electron chi connectivity index (χ3n) is 3.96. The Hall–Kier alpha value is -0.120. The van der Waals surface area contributed by atoms with Crippen LogP contribution in [-0.2, 0) is 4.74 Å². The smallest absolute Gasteiger partial charge is 0.0491 e. The third kappa shape index (κ3) is 5.84. The lowest BCUT2D eigenvalue weighted by molar-refractivity contribution is 0.0995. The Kier molecular flexibility index (Phi) is 7.82. The molecule has 17 heavy (non-hydrogen) atoms. The van der Waals surface area contributed by atoms with E-state index in [1.807, 2.05) is 7.11 Å². The van der Waals surface area contributed by atoms with Crippen LogP contribution in [0.3, 0.4) is 0 Å². The summed E-state index contributed by atoms with van der Waals surface area (Å²) in [7, 11) is 1.81. The first kappa shape index (κ1) is 14.9. The lowest BCUT2D eigenvalue weighted by Gasteiger charge is -2.32. The Bertz CT molecular complexity index is 175. The molecule has 0 atom stereocenters. The quantitative estimate of drug-likeness (QED) is 0.705. The van der Waals surface area contributed by atoms with Gasteiger partial charge in [0.25, 0.3) is 0 Å². The van der Waals surface area contributed by atoms with Gasteiger partial charge in [-0.05, 0) is 44.7 Å². The zero-order chi connectivity index (χ0) is 12.5. The number of rotatable bonds is 8. The number of likely N-dealkylation sites (tertiary alicyclic amines) is 1. The molecule has 1 saturated heterocycles. The second-order valence-corrected chi connectivity index (χ2v) is 5.21. The Morgan fingerprint density at radius 3 is 2.41 bits per heavy atom. The first-order valence-corrected chi connectivity index (χ1v) is 7.24. The molecule has 102 valence electrons. The predicted octanol–water partition coefficient (Wildman–Crippen LogP) is 2.12. The standard InChI is InChI=1S/C14H30N2O/c1-4-14(5-2)15-8-11-16-9-6-13(7-10-16)12-17-3/h13-15H,4-12H2,1-3H3. The van der Waals surface area contributed by atoms with Gasteiger partial charge in [-0.15, -0.1) is 0 Å². The number of nitrogens with one attached hydrogen (secondary N) is 1. The number of ether oxygens (including phenoxy) is 1. The molecule has 0 spiro atoms. The van der Waals surface area contributed by atoms with Crippen molar-refractivity contribution < 1.29 is 4.74 Å². The topological polar surface area (TPSA) is 24.5 Å². The summed E-state index contributed by atoms with van der Waals surface area (Å²) in [5.74, 6) is 0.795. The highest BCUT2D eigenvalue weighted by molar-refractivity contribution is 4.73. The average molecular weight is 242 g/mol. The molecule has 1 heterocycles. The van der Waals surface area contributed by atoms with Crippen LogP contribution >= 0.6 is 0 Å². The van der Waals surface area contributed by atoms with Crippen molar-refractivity contribution in [2.75, 3.05) is 39.9 Å². The van der Waals surface area contributed by atoms with Crippen LogP contribution in [-0.4, -0.2) is 50.8 Å². The highest BCUT2D eigenvalue weighted by atomic mass is 16.5. The van der Waals surface area contributed by atoms with Crippen LogP contribution in [0.4, 0.5) is 0 Å². The lowest BCUT2D eigenvalue weighted by Crippen LogP contribution is -2.41. The minimum Gasteiger partial charge on any atom is -0.384 e. The van der Waals surface area contributed by atoms with Gasteiger partial charge in [0.05, 0.1) is 0 Å². The largest absolute Gasteiger partial charge is 0.384 e. The fourth-order valence-electron chi connectivity index (χ4n) is 2.62.